The standard InChI is InChI=1S/C17H21NO3/c1-3-18(11-14-6-7-14)17(21)15-10-13(5-4-12(15)2)8-9-16(19)20/h4-5,8-10,14H,3,6-7,11H2,1-2H3,(H,19,20). The van der Waals surface area contributed by atoms with Crippen molar-refractivity contribution in [1.29, 1.82) is 0 Å². The number of hydrogen-bond acceptors (Lipinski definition) is 2. The monoisotopic (exact) mass is 287 g/mol. The molecule has 1 N–H and O–H groups in total. The van der Waals surface area contributed by atoms with Gasteiger partial charge in [-0.3, -0.25) is 4.79 Å². The van der Waals surface area contributed by atoms with Crippen LogP contribution in [0.3, 0.4) is 0 Å². The summed E-state index contributed by atoms with van der Waals surface area (Å²) in [6.45, 7) is 5.42. The van der Waals surface area contributed by atoms with Gasteiger partial charge in [0, 0.05) is 24.7 Å². The lowest BCUT2D eigenvalue weighted by atomic mass is 10.0. The average molecular weight is 287 g/mol. The van der Waals surface area contributed by atoms with E-state index in [4.69, 9.17) is 5.11 Å². The van der Waals surface area contributed by atoms with Gasteiger partial charge in [-0.05, 0) is 55.9 Å². The van der Waals surface area contributed by atoms with Crippen molar-refractivity contribution < 1.29 is 14.7 Å². The molecule has 1 aromatic carbocycles. The molecule has 112 valence electrons. The number of carboxylic acids is 1. The predicted molar refractivity (Wildman–Crippen MR) is 82.2 cm³/mol. The summed E-state index contributed by atoms with van der Waals surface area (Å²) in [5.41, 5.74) is 2.31. The fraction of sp³-hybridized carbons (Fsp3) is 0.412. The van der Waals surface area contributed by atoms with Crippen LogP contribution in [0.5, 0.6) is 0 Å². The van der Waals surface area contributed by atoms with Crippen molar-refractivity contribution in [3.63, 3.8) is 0 Å². The third-order valence-electron chi connectivity index (χ3n) is 3.75. The van der Waals surface area contributed by atoms with Gasteiger partial charge in [0.15, 0.2) is 0 Å². The van der Waals surface area contributed by atoms with Crippen molar-refractivity contribution in [3.8, 4) is 0 Å². The summed E-state index contributed by atoms with van der Waals surface area (Å²) in [5.74, 6) is -0.302. The highest BCUT2D eigenvalue weighted by Crippen LogP contribution is 2.30. The molecular weight excluding hydrogens is 266 g/mol. The maximum absolute atomic E-state index is 12.6. The fourth-order valence-corrected chi connectivity index (χ4v) is 2.28. The summed E-state index contributed by atoms with van der Waals surface area (Å²) >= 11 is 0. The molecule has 0 radical (unpaired) electrons. The molecule has 1 amide bonds. The van der Waals surface area contributed by atoms with Crippen molar-refractivity contribution in [3.05, 3.63) is 41.0 Å². The summed E-state index contributed by atoms with van der Waals surface area (Å²) in [6.07, 6.45) is 5.02. The molecule has 1 aliphatic carbocycles. The molecule has 0 aliphatic heterocycles. The minimum atomic E-state index is -0.993. The van der Waals surface area contributed by atoms with Crippen molar-refractivity contribution >= 4 is 18.0 Å². The maximum atomic E-state index is 12.6. The Balaban J connectivity index is 2.21. The van der Waals surface area contributed by atoms with Gasteiger partial charge in [0.2, 0.25) is 0 Å². The van der Waals surface area contributed by atoms with Crippen LogP contribution in [0.25, 0.3) is 6.08 Å². The third-order valence-corrected chi connectivity index (χ3v) is 3.75. The number of carbonyl (C=O) groups is 2. The number of benzene rings is 1. The van der Waals surface area contributed by atoms with E-state index in [1.54, 1.807) is 6.07 Å². The first-order chi connectivity index (χ1) is 10.0. The van der Waals surface area contributed by atoms with Gasteiger partial charge >= 0.3 is 5.97 Å². The summed E-state index contributed by atoms with van der Waals surface area (Å²) in [7, 11) is 0. The summed E-state index contributed by atoms with van der Waals surface area (Å²) in [5, 5.41) is 8.68. The molecule has 0 aromatic heterocycles. The molecule has 1 aliphatic rings. The quantitative estimate of drug-likeness (QED) is 0.818. The molecule has 0 saturated heterocycles. The lowest BCUT2D eigenvalue weighted by Crippen LogP contribution is -2.33. The van der Waals surface area contributed by atoms with E-state index < -0.39 is 5.97 Å². The largest absolute Gasteiger partial charge is 0.478 e. The van der Waals surface area contributed by atoms with Gasteiger partial charge in [-0.25, -0.2) is 4.79 Å². The minimum Gasteiger partial charge on any atom is -0.478 e. The zero-order valence-corrected chi connectivity index (χ0v) is 12.5. The SMILES string of the molecule is CCN(CC1CC1)C(=O)c1cc(C=CC(=O)O)ccc1C. The van der Waals surface area contributed by atoms with Gasteiger partial charge in [0.05, 0.1) is 0 Å². The van der Waals surface area contributed by atoms with Crippen molar-refractivity contribution in [2.75, 3.05) is 13.1 Å². The molecule has 21 heavy (non-hydrogen) atoms. The van der Waals surface area contributed by atoms with E-state index in [9.17, 15) is 9.59 Å². The van der Waals surface area contributed by atoms with Crippen molar-refractivity contribution in [1.82, 2.24) is 4.90 Å². The third kappa shape index (κ3) is 4.18. The molecule has 1 saturated carbocycles. The predicted octanol–water partition coefficient (Wildman–Crippen LogP) is 2.96. The molecule has 1 aromatic rings. The Morgan fingerprint density at radius 3 is 2.67 bits per heavy atom. The fourth-order valence-electron chi connectivity index (χ4n) is 2.28. The lowest BCUT2D eigenvalue weighted by Gasteiger charge is -2.22. The van der Waals surface area contributed by atoms with Gasteiger partial charge < -0.3 is 10.0 Å². The number of aliphatic carboxylic acids is 1. The number of hydrogen-bond donors (Lipinski definition) is 1. The normalized spacial score (nSPS) is 14.4. The van der Waals surface area contributed by atoms with Gasteiger partial charge in [-0.2, -0.15) is 0 Å². The highest BCUT2D eigenvalue weighted by atomic mass is 16.4. The van der Waals surface area contributed by atoms with Crippen LogP contribution >= 0.6 is 0 Å². The van der Waals surface area contributed by atoms with Gasteiger partial charge in [0.25, 0.3) is 5.91 Å². The summed E-state index contributed by atoms with van der Waals surface area (Å²) in [4.78, 5) is 25.1. The Morgan fingerprint density at radius 2 is 2.10 bits per heavy atom. The summed E-state index contributed by atoms with van der Waals surface area (Å²) < 4.78 is 0. The van der Waals surface area contributed by atoms with Crippen LogP contribution in [0, 0.1) is 12.8 Å². The topological polar surface area (TPSA) is 57.6 Å². The Labute approximate surface area is 125 Å². The van der Waals surface area contributed by atoms with Crippen LogP contribution in [0.4, 0.5) is 0 Å². The number of carbonyl (C=O) groups excluding carboxylic acids is 1. The molecule has 0 unspecified atom stereocenters. The van der Waals surface area contributed by atoms with Crippen LogP contribution in [-0.4, -0.2) is 35.0 Å². The smallest absolute Gasteiger partial charge is 0.328 e. The Kier molecular flexibility index (Phi) is 4.78. The van der Waals surface area contributed by atoms with E-state index in [1.807, 2.05) is 30.9 Å². The molecule has 0 atom stereocenters. The van der Waals surface area contributed by atoms with E-state index in [0.717, 1.165) is 23.7 Å². The molecule has 1 fully saturated rings. The van der Waals surface area contributed by atoms with E-state index in [-0.39, 0.29) is 5.91 Å². The average Bonchev–Trinajstić information content (AvgIpc) is 3.27. The van der Waals surface area contributed by atoms with Crippen LogP contribution < -0.4 is 0 Å². The molecule has 0 heterocycles. The zero-order valence-electron chi connectivity index (χ0n) is 12.5. The van der Waals surface area contributed by atoms with Crippen molar-refractivity contribution in [2.24, 2.45) is 5.92 Å². The highest BCUT2D eigenvalue weighted by Gasteiger charge is 2.26. The lowest BCUT2D eigenvalue weighted by molar-refractivity contribution is -0.131. The van der Waals surface area contributed by atoms with E-state index in [2.05, 4.69) is 0 Å². The number of aryl methyl sites for hydroxylation is 1. The molecular formula is C17H21NO3. The maximum Gasteiger partial charge on any atom is 0.328 e. The van der Waals surface area contributed by atoms with E-state index >= 15 is 0 Å². The zero-order chi connectivity index (χ0) is 15.4. The summed E-state index contributed by atoms with van der Waals surface area (Å²) in [6, 6.07) is 5.45. The Bertz CT molecular complexity index is 573. The van der Waals surface area contributed by atoms with E-state index in [1.165, 1.54) is 18.9 Å². The molecule has 0 bridgehead atoms. The first-order valence-electron chi connectivity index (χ1n) is 7.32. The van der Waals surface area contributed by atoms with Crippen LogP contribution in [-0.2, 0) is 4.79 Å². The number of rotatable bonds is 6. The second-order valence-electron chi connectivity index (χ2n) is 5.53. The first kappa shape index (κ1) is 15.3. The Hall–Kier alpha value is -2.10. The minimum absolute atomic E-state index is 0.0347. The second kappa shape index (κ2) is 6.57. The van der Waals surface area contributed by atoms with Crippen LogP contribution in [0.2, 0.25) is 0 Å². The van der Waals surface area contributed by atoms with Crippen LogP contribution in [0.15, 0.2) is 24.3 Å². The van der Waals surface area contributed by atoms with Gasteiger partial charge in [-0.1, -0.05) is 12.1 Å². The Morgan fingerprint density at radius 1 is 1.38 bits per heavy atom. The number of amides is 1. The van der Waals surface area contributed by atoms with Crippen molar-refractivity contribution in [2.45, 2.75) is 26.7 Å². The molecule has 0 spiro atoms. The number of nitrogens with zero attached hydrogens (tertiary/aromatic N) is 1. The molecule has 2 rings (SSSR count). The van der Waals surface area contributed by atoms with Gasteiger partial charge in [0.1, 0.15) is 0 Å². The van der Waals surface area contributed by atoms with Crippen LogP contribution in [0.1, 0.15) is 41.3 Å². The van der Waals surface area contributed by atoms with Gasteiger partial charge in [-0.15, -0.1) is 0 Å². The van der Waals surface area contributed by atoms with E-state index in [0.29, 0.717) is 18.0 Å². The molecule has 4 heteroatoms. The highest BCUT2D eigenvalue weighted by molar-refractivity contribution is 5.96. The molecule has 4 nitrogen and oxygen atoms in total. The first-order valence-corrected chi connectivity index (χ1v) is 7.32. The number of carboxylic acid groups (broad SMARTS) is 1. The second-order valence-corrected chi connectivity index (χ2v) is 5.53.